The monoisotopic (exact) mass is 238 g/mol. The fraction of sp³-hybridized carbons (Fsp3) is 1.00. The Morgan fingerprint density at radius 1 is 1.14 bits per heavy atom. The highest BCUT2D eigenvalue weighted by Gasteiger charge is 2.03. The van der Waals surface area contributed by atoms with E-state index in [2.05, 4.69) is 6.92 Å². The summed E-state index contributed by atoms with van der Waals surface area (Å²) in [5, 5.41) is 0.0518. The van der Waals surface area contributed by atoms with Crippen molar-refractivity contribution in [2.45, 2.75) is 57.7 Å². The first kappa shape index (κ1) is 14.4. The van der Waals surface area contributed by atoms with E-state index in [1.165, 1.54) is 32.1 Å². The van der Waals surface area contributed by atoms with E-state index < -0.39 is 10.8 Å². The van der Waals surface area contributed by atoms with E-state index in [0.717, 1.165) is 12.2 Å². The van der Waals surface area contributed by atoms with Crippen molar-refractivity contribution in [2.24, 2.45) is 0 Å². The molecule has 3 heteroatoms. The number of hydrogen-bond acceptors (Lipinski definition) is 1. The number of hydrogen-bond donors (Lipinski definition) is 0. The molecule has 0 radical (unpaired) electrons. The van der Waals surface area contributed by atoms with E-state index in [4.69, 9.17) is 11.6 Å². The first-order chi connectivity index (χ1) is 6.66. The molecule has 0 N–H and O–H groups in total. The number of unbranched alkanes of at least 4 members (excludes halogenated alkanes) is 5. The third-order valence-corrected chi connectivity index (χ3v) is 4.09. The van der Waals surface area contributed by atoms with Crippen LogP contribution in [0.4, 0.5) is 0 Å². The van der Waals surface area contributed by atoms with Gasteiger partial charge in [0.2, 0.25) is 0 Å². The van der Waals surface area contributed by atoms with Crippen LogP contribution in [0, 0.1) is 0 Å². The van der Waals surface area contributed by atoms with E-state index in [-0.39, 0.29) is 5.38 Å². The van der Waals surface area contributed by atoms with Crippen molar-refractivity contribution in [3.8, 4) is 0 Å². The minimum Gasteiger partial charge on any atom is -0.260 e. The van der Waals surface area contributed by atoms with Crippen LogP contribution < -0.4 is 0 Å². The van der Waals surface area contributed by atoms with E-state index in [1.54, 1.807) is 0 Å². The Labute approximate surface area is 96.1 Å². The Bertz CT molecular complexity index is 148. The summed E-state index contributed by atoms with van der Waals surface area (Å²) in [6.07, 6.45) is 7.57. The zero-order valence-corrected chi connectivity index (χ0v) is 11.0. The Morgan fingerprint density at radius 3 is 2.29 bits per heavy atom. The maximum absolute atomic E-state index is 11.4. The third kappa shape index (κ3) is 10.5. The predicted octanol–water partition coefficient (Wildman–Crippen LogP) is 3.72. The molecular weight excluding hydrogens is 216 g/mol. The molecule has 0 saturated carbocycles. The van der Waals surface area contributed by atoms with Gasteiger partial charge in [0.05, 0.1) is 0 Å². The topological polar surface area (TPSA) is 17.1 Å². The fourth-order valence-corrected chi connectivity index (χ4v) is 3.01. The minimum absolute atomic E-state index is 0.0518. The van der Waals surface area contributed by atoms with Crippen LogP contribution in [0.15, 0.2) is 0 Å². The van der Waals surface area contributed by atoms with Crippen LogP contribution in [0.1, 0.15) is 52.4 Å². The van der Waals surface area contributed by atoms with Gasteiger partial charge in [-0.2, -0.15) is 0 Å². The molecule has 0 aromatic carbocycles. The maximum Gasteiger partial charge on any atom is 0.0423 e. The van der Waals surface area contributed by atoms with Crippen molar-refractivity contribution in [3.63, 3.8) is 0 Å². The largest absolute Gasteiger partial charge is 0.260 e. The molecule has 0 aliphatic carbocycles. The Kier molecular flexibility index (Phi) is 10.3. The second kappa shape index (κ2) is 9.97. The second-order valence-electron chi connectivity index (χ2n) is 3.86. The van der Waals surface area contributed by atoms with Crippen LogP contribution in [0.2, 0.25) is 0 Å². The normalized spacial score (nSPS) is 15.4. The first-order valence-electron chi connectivity index (χ1n) is 5.65. The van der Waals surface area contributed by atoms with Crippen LogP contribution >= 0.6 is 11.6 Å². The van der Waals surface area contributed by atoms with E-state index in [9.17, 15) is 4.21 Å². The van der Waals surface area contributed by atoms with E-state index >= 15 is 0 Å². The van der Waals surface area contributed by atoms with Gasteiger partial charge in [0.15, 0.2) is 0 Å². The molecule has 0 rings (SSSR count). The zero-order chi connectivity index (χ0) is 10.8. The summed E-state index contributed by atoms with van der Waals surface area (Å²) in [6, 6.07) is 0. The summed E-state index contributed by atoms with van der Waals surface area (Å²) in [5.41, 5.74) is 0. The lowest BCUT2D eigenvalue weighted by Gasteiger charge is -2.03. The van der Waals surface area contributed by atoms with Crippen LogP contribution in [0.3, 0.4) is 0 Å². The highest BCUT2D eigenvalue weighted by molar-refractivity contribution is 7.85. The van der Waals surface area contributed by atoms with Crippen LogP contribution in [0.5, 0.6) is 0 Å². The maximum atomic E-state index is 11.4. The van der Waals surface area contributed by atoms with Gasteiger partial charge in [-0.1, -0.05) is 39.0 Å². The molecule has 0 aliphatic rings. The Balaban J connectivity index is 3.15. The van der Waals surface area contributed by atoms with Gasteiger partial charge in [0.1, 0.15) is 0 Å². The summed E-state index contributed by atoms with van der Waals surface area (Å²) in [7, 11) is -0.689. The summed E-state index contributed by atoms with van der Waals surface area (Å²) in [5.74, 6) is 1.49. The van der Waals surface area contributed by atoms with Crippen molar-refractivity contribution >= 4 is 22.4 Å². The summed E-state index contributed by atoms with van der Waals surface area (Å²) >= 11 is 5.76. The van der Waals surface area contributed by atoms with Crippen molar-refractivity contribution in [3.05, 3.63) is 0 Å². The van der Waals surface area contributed by atoms with Crippen LogP contribution in [-0.4, -0.2) is 21.1 Å². The first-order valence-corrected chi connectivity index (χ1v) is 7.58. The molecule has 0 spiro atoms. The van der Waals surface area contributed by atoms with Gasteiger partial charge < -0.3 is 0 Å². The predicted molar refractivity (Wildman–Crippen MR) is 66.6 cm³/mol. The summed E-state index contributed by atoms with van der Waals surface area (Å²) in [4.78, 5) is 0. The lowest BCUT2D eigenvalue weighted by atomic mass is 10.1. The van der Waals surface area contributed by atoms with E-state index in [1.807, 2.05) is 6.92 Å². The Morgan fingerprint density at radius 2 is 1.71 bits per heavy atom. The van der Waals surface area contributed by atoms with Crippen molar-refractivity contribution < 1.29 is 4.21 Å². The highest BCUT2D eigenvalue weighted by Crippen LogP contribution is 2.06. The average Bonchev–Trinajstić information content (AvgIpc) is 2.10. The van der Waals surface area contributed by atoms with Gasteiger partial charge >= 0.3 is 0 Å². The molecule has 0 amide bonds. The molecule has 2 atom stereocenters. The average molecular weight is 239 g/mol. The number of halogens is 1. The highest BCUT2D eigenvalue weighted by atomic mass is 35.5. The molecule has 0 aliphatic heterocycles. The molecule has 86 valence electrons. The van der Waals surface area contributed by atoms with Crippen molar-refractivity contribution in [1.29, 1.82) is 0 Å². The smallest absolute Gasteiger partial charge is 0.0423 e. The molecule has 0 bridgehead atoms. The van der Waals surface area contributed by atoms with Crippen LogP contribution in [0.25, 0.3) is 0 Å². The van der Waals surface area contributed by atoms with E-state index in [0.29, 0.717) is 5.75 Å². The molecule has 0 aromatic heterocycles. The molecule has 2 unspecified atom stereocenters. The molecule has 0 saturated heterocycles. The van der Waals surface area contributed by atoms with Crippen LogP contribution in [-0.2, 0) is 10.8 Å². The molecule has 0 aromatic rings. The Hall–Kier alpha value is 0.440. The van der Waals surface area contributed by atoms with Crippen molar-refractivity contribution in [2.75, 3.05) is 11.5 Å². The molecular formula is C11H23ClOS. The molecule has 0 fully saturated rings. The van der Waals surface area contributed by atoms with Gasteiger partial charge in [-0.25, -0.2) is 0 Å². The van der Waals surface area contributed by atoms with Crippen molar-refractivity contribution in [1.82, 2.24) is 0 Å². The molecule has 1 nitrogen and oxygen atoms in total. The SMILES string of the molecule is CCCCCCCCS(=O)CC(C)Cl. The third-order valence-electron chi connectivity index (χ3n) is 2.14. The standard InChI is InChI=1S/C11H23ClOS/c1-3-4-5-6-7-8-9-14(13)10-11(2)12/h11H,3-10H2,1-2H3. The second-order valence-corrected chi connectivity index (χ2v) is 6.23. The molecule has 0 heterocycles. The summed E-state index contributed by atoms with van der Waals surface area (Å²) in [6.45, 7) is 4.12. The van der Waals surface area contributed by atoms with Gasteiger partial charge in [-0.05, 0) is 13.3 Å². The number of alkyl halides is 1. The van der Waals surface area contributed by atoms with Gasteiger partial charge in [-0.3, -0.25) is 4.21 Å². The quantitative estimate of drug-likeness (QED) is 0.442. The summed E-state index contributed by atoms with van der Waals surface area (Å²) < 4.78 is 11.4. The number of rotatable bonds is 9. The van der Waals surface area contributed by atoms with Gasteiger partial charge in [0.25, 0.3) is 0 Å². The van der Waals surface area contributed by atoms with Gasteiger partial charge in [0, 0.05) is 27.7 Å². The zero-order valence-electron chi connectivity index (χ0n) is 9.43. The lowest BCUT2D eigenvalue weighted by molar-refractivity contribution is 0.622. The lowest BCUT2D eigenvalue weighted by Crippen LogP contribution is -2.10. The van der Waals surface area contributed by atoms with Gasteiger partial charge in [-0.15, -0.1) is 11.6 Å². The fourth-order valence-electron chi connectivity index (χ4n) is 1.38. The molecule has 14 heavy (non-hydrogen) atoms. The minimum atomic E-state index is -0.689.